The van der Waals surface area contributed by atoms with Gasteiger partial charge in [-0.1, -0.05) is 36.8 Å². The van der Waals surface area contributed by atoms with Crippen LogP contribution in [0, 0.1) is 0 Å². The van der Waals surface area contributed by atoms with Crippen LogP contribution in [-0.2, 0) is 17.9 Å². The minimum Gasteiger partial charge on any atom is -0.350 e. The molecule has 1 aromatic carbocycles. The summed E-state index contributed by atoms with van der Waals surface area (Å²) in [6, 6.07) is 11.4. The number of nitrogens with zero attached hydrogens (tertiary/aromatic N) is 1. The number of carbonyl (C=O) groups is 2. The molecule has 0 saturated carbocycles. The lowest BCUT2D eigenvalue weighted by Gasteiger charge is -2.26. The van der Waals surface area contributed by atoms with Crippen LogP contribution in [0.2, 0.25) is 0 Å². The Bertz CT molecular complexity index is 737. The SMILES string of the molecule is CC(NC(=O)c1cccs1)C(=O)NCc1ccc(CN2CCCCC2)cc1. The van der Waals surface area contributed by atoms with E-state index in [2.05, 4.69) is 39.8 Å². The van der Waals surface area contributed by atoms with E-state index >= 15 is 0 Å². The van der Waals surface area contributed by atoms with Crippen molar-refractivity contribution >= 4 is 23.2 Å². The molecule has 27 heavy (non-hydrogen) atoms. The van der Waals surface area contributed by atoms with E-state index in [0.717, 1.165) is 12.1 Å². The van der Waals surface area contributed by atoms with Gasteiger partial charge in [0.1, 0.15) is 6.04 Å². The van der Waals surface area contributed by atoms with Crippen LogP contribution in [-0.4, -0.2) is 35.8 Å². The predicted octanol–water partition coefficient (Wildman–Crippen LogP) is 3.17. The number of carbonyl (C=O) groups excluding carboxylic acids is 2. The molecule has 2 amide bonds. The molecule has 0 radical (unpaired) electrons. The van der Waals surface area contributed by atoms with Crippen LogP contribution >= 0.6 is 11.3 Å². The zero-order valence-corrected chi connectivity index (χ0v) is 16.6. The third-order valence-corrected chi connectivity index (χ3v) is 5.70. The molecule has 0 aliphatic carbocycles. The maximum atomic E-state index is 12.2. The van der Waals surface area contributed by atoms with Gasteiger partial charge in [-0.25, -0.2) is 0 Å². The normalized spacial score (nSPS) is 15.9. The zero-order valence-electron chi connectivity index (χ0n) is 15.7. The van der Waals surface area contributed by atoms with Gasteiger partial charge >= 0.3 is 0 Å². The first kappa shape index (κ1) is 19.6. The van der Waals surface area contributed by atoms with E-state index in [-0.39, 0.29) is 11.8 Å². The minimum absolute atomic E-state index is 0.183. The first-order valence-electron chi connectivity index (χ1n) is 9.54. The van der Waals surface area contributed by atoms with Gasteiger partial charge in [0.2, 0.25) is 5.91 Å². The number of benzene rings is 1. The number of nitrogens with one attached hydrogen (secondary N) is 2. The van der Waals surface area contributed by atoms with E-state index in [0.29, 0.717) is 11.4 Å². The number of amides is 2. The van der Waals surface area contributed by atoms with Gasteiger partial charge in [0, 0.05) is 13.1 Å². The average molecular weight is 386 g/mol. The summed E-state index contributed by atoms with van der Waals surface area (Å²) in [4.78, 5) is 27.3. The Morgan fingerprint density at radius 2 is 1.78 bits per heavy atom. The summed E-state index contributed by atoms with van der Waals surface area (Å²) >= 11 is 1.36. The molecule has 1 aromatic heterocycles. The molecule has 144 valence electrons. The van der Waals surface area contributed by atoms with Crippen LogP contribution in [0.3, 0.4) is 0 Å². The molecule has 6 heteroatoms. The van der Waals surface area contributed by atoms with E-state index < -0.39 is 6.04 Å². The van der Waals surface area contributed by atoms with Gasteiger partial charge in [0.25, 0.3) is 5.91 Å². The van der Waals surface area contributed by atoms with Crippen molar-refractivity contribution in [3.8, 4) is 0 Å². The summed E-state index contributed by atoms with van der Waals surface area (Å²) in [5, 5.41) is 7.46. The highest BCUT2D eigenvalue weighted by atomic mass is 32.1. The molecule has 1 unspecified atom stereocenters. The largest absolute Gasteiger partial charge is 0.350 e. The summed E-state index contributed by atoms with van der Waals surface area (Å²) < 4.78 is 0. The summed E-state index contributed by atoms with van der Waals surface area (Å²) in [5.41, 5.74) is 2.37. The second kappa shape index (κ2) is 9.67. The lowest BCUT2D eigenvalue weighted by molar-refractivity contribution is -0.122. The fourth-order valence-electron chi connectivity index (χ4n) is 3.22. The van der Waals surface area contributed by atoms with E-state index in [9.17, 15) is 9.59 Å². The first-order valence-corrected chi connectivity index (χ1v) is 10.4. The third kappa shape index (κ3) is 5.91. The van der Waals surface area contributed by atoms with Crippen LogP contribution in [0.1, 0.15) is 47.0 Å². The Morgan fingerprint density at radius 1 is 1.07 bits per heavy atom. The summed E-state index contributed by atoms with van der Waals surface area (Å²) in [6.45, 7) is 5.53. The highest BCUT2D eigenvalue weighted by molar-refractivity contribution is 7.12. The quantitative estimate of drug-likeness (QED) is 0.770. The summed E-state index contributed by atoms with van der Waals surface area (Å²) in [6.07, 6.45) is 3.94. The summed E-state index contributed by atoms with van der Waals surface area (Å²) in [7, 11) is 0. The highest BCUT2D eigenvalue weighted by Gasteiger charge is 2.17. The molecule has 1 fully saturated rings. The molecule has 5 nitrogen and oxygen atoms in total. The van der Waals surface area contributed by atoms with Gasteiger partial charge in [-0.2, -0.15) is 0 Å². The Balaban J connectivity index is 1.43. The number of rotatable bonds is 7. The van der Waals surface area contributed by atoms with Gasteiger partial charge in [0.15, 0.2) is 0 Å². The molecule has 2 N–H and O–H groups in total. The van der Waals surface area contributed by atoms with Crippen molar-refractivity contribution in [2.45, 2.75) is 45.3 Å². The Kier molecular flexibility index (Phi) is 7.01. The molecule has 2 heterocycles. The first-order chi connectivity index (χ1) is 13.1. The number of likely N-dealkylation sites (tertiary alicyclic amines) is 1. The van der Waals surface area contributed by atoms with E-state index in [1.807, 2.05) is 11.4 Å². The van der Waals surface area contributed by atoms with Crippen molar-refractivity contribution < 1.29 is 9.59 Å². The monoisotopic (exact) mass is 385 g/mol. The van der Waals surface area contributed by atoms with Crippen molar-refractivity contribution in [3.63, 3.8) is 0 Å². The lowest BCUT2D eigenvalue weighted by atomic mass is 10.1. The van der Waals surface area contributed by atoms with Crippen LogP contribution in [0.15, 0.2) is 41.8 Å². The summed E-state index contributed by atoms with van der Waals surface area (Å²) in [5.74, 6) is -0.396. The highest BCUT2D eigenvalue weighted by Crippen LogP contribution is 2.13. The third-order valence-electron chi connectivity index (χ3n) is 4.83. The van der Waals surface area contributed by atoms with Crippen LogP contribution < -0.4 is 10.6 Å². The Hall–Kier alpha value is -2.18. The molecule has 0 spiro atoms. The van der Waals surface area contributed by atoms with Gasteiger partial charge in [-0.05, 0) is 55.4 Å². The maximum Gasteiger partial charge on any atom is 0.261 e. The fourth-order valence-corrected chi connectivity index (χ4v) is 3.85. The van der Waals surface area contributed by atoms with Gasteiger partial charge in [0.05, 0.1) is 4.88 Å². The molecule has 1 atom stereocenters. The van der Waals surface area contributed by atoms with Crippen LogP contribution in [0.5, 0.6) is 0 Å². The number of hydrogen-bond donors (Lipinski definition) is 2. The minimum atomic E-state index is -0.571. The standard InChI is InChI=1S/C21H27N3O2S/c1-16(23-21(26)19-6-5-13-27-19)20(25)22-14-17-7-9-18(10-8-17)15-24-11-3-2-4-12-24/h5-10,13,16H,2-4,11-12,14-15H2,1H3,(H,22,25)(H,23,26). The van der Waals surface area contributed by atoms with Gasteiger partial charge in [-0.3, -0.25) is 14.5 Å². The second-order valence-electron chi connectivity index (χ2n) is 7.04. The van der Waals surface area contributed by atoms with Crippen molar-refractivity contribution in [1.29, 1.82) is 0 Å². The maximum absolute atomic E-state index is 12.2. The zero-order chi connectivity index (χ0) is 19.1. The van der Waals surface area contributed by atoms with Crippen molar-refractivity contribution in [3.05, 3.63) is 57.8 Å². The molecule has 1 aliphatic rings. The molecule has 0 bridgehead atoms. The van der Waals surface area contributed by atoms with Gasteiger partial charge < -0.3 is 10.6 Å². The average Bonchev–Trinajstić information content (AvgIpc) is 3.23. The molecular weight excluding hydrogens is 358 g/mol. The Morgan fingerprint density at radius 3 is 2.44 bits per heavy atom. The van der Waals surface area contributed by atoms with Crippen LogP contribution in [0.4, 0.5) is 0 Å². The predicted molar refractivity (Wildman–Crippen MR) is 109 cm³/mol. The van der Waals surface area contributed by atoms with E-state index in [1.54, 1.807) is 13.0 Å². The Labute approximate surface area is 164 Å². The van der Waals surface area contributed by atoms with Gasteiger partial charge in [-0.15, -0.1) is 11.3 Å². The molecule has 3 rings (SSSR count). The fraction of sp³-hybridized carbons (Fsp3) is 0.429. The van der Waals surface area contributed by atoms with Crippen molar-refractivity contribution in [2.24, 2.45) is 0 Å². The van der Waals surface area contributed by atoms with Crippen molar-refractivity contribution in [2.75, 3.05) is 13.1 Å². The van der Waals surface area contributed by atoms with Crippen LogP contribution in [0.25, 0.3) is 0 Å². The molecule has 1 saturated heterocycles. The molecule has 1 aliphatic heterocycles. The second-order valence-corrected chi connectivity index (χ2v) is 7.99. The lowest BCUT2D eigenvalue weighted by Crippen LogP contribution is -2.44. The number of piperidine rings is 1. The molecule has 2 aromatic rings. The topological polar surface area (TPSA) is 61.4 Å². The van der Waals surface area contributed by atoms with E-state index in [4.69, 9.17) is 0 Å². The molecular formula is C21H27N3O2S. The number of hydrogen-bond acceptors (Lipinski definition) is 4. The number of thiophene rings is 1. The van der Waals surface area contributed by atoms with E-state index in [1.165, 1.54) is 49.3 Å². The van der Waals surface area contributed by atoms with Crippen molar-refractivity contribution in [1.82, 2.24) is 15.5 Å². The smallest absolute Gasteiger partial charge is 0.261 e.